The molecular formula is C15H19BrN4. The Hall–Kier alpha value is -1.20. The summed E-state index contributed by atoms with van der Waals surface area (Å²) >= 11 is 3.56. The molecule has 1 aliphatic carbocycles. The number of rotatable bonds is 4. The van der Waals surface area contributed by atoms with Crippen molar-refractivity contribution in [3.8, 4) is 5.82 Å². The molecule has 0 aromatic carbocycles. The summed E-state index contributed by atoms with van der Waals surface area (Å²) in [4.78, 5) is 4.70. The minimum absolute atomic E-state index is 0.723. The van der Waals surface area contributed by atoms with Crippen LogP contribution in [0.5, 0.6) is 0 Å². The highest BCUT2D eigenvalue weighted by Crippen LogP contribution is 2.23. The highest BCUT2D eigenvalue weighted by molar-refractivity contribution is 9.10. The van der Waals surface area contributed by atoms with Gasteiger partial charge in [0.25, 0.3) is 0 Å². The number of nitrogens with one attached hydrogen (secondary N) is 1. The molecule has 0 aliphatic heterocycles. The zero-order valence-electron chi connectivity index (χ0n) is 12.1. The van der Waals surface area contributed by atoms with Gasteiger partial charge in [-0.25, -0.2) is 9.67 Å². The Morgan fingerprint density at radius 2 is 2.00 bits per heavy atom. The van der Waals surface area contributed by atoms with Crippen molar-refractivity contribution < 1.29 is 0 Å². The summed E-state index contributed by atoms with van der Waals surface area (Å²) in [5, 5.41) is 8.05. The molecule has 20 heavy (non-hydrogen) atoms. The topological polar surface area (TPSA) is 42.7 Å². The van der Waals surface area contributed by atoms with Crippen LogP contribution in [0.25, 0.3) is 5.82 Å². The van der Waals surface area contributed by atoms with Gasteiger partial charge in [0, 0.05) is 18.3 Å². The Morgan fingerprint density at radius 3 is 2.55 bits per heavy atom. The van der Waals surface area contributed by atoms with Gasteiger partial charge in [0.05, 0.1) is 15.9 Å². The zero-order chi connectivity index (χ0) is 14.3. The van der Waals surface area contributed by atoms with Gasteiger partial charge >= 0.3 is 0 Å². The summed E-state index contributed by atoms with van der Waals surface area (Å²) in [7, 11) is 0. The highest BCUT2D eigenvalue weighted by Gasteiger charge is 2.20. The number of aryl methyl sites for hydroxylation is 2. The van der Waals surface area contributed by atoms with Crippen LogP contribution in [-0.2, 0) is 6.54 Å². The first-order valence-electron chi connectivity index (χ1n) is 6.98. The molecule has 106 valence electrons. The predicted octanol–water partition coefficient (Wildman–Crippen LogP) is 3.21. The van der Waals surface area contributed by atoms with Crippen LogP contribution in [0.3, 0.4) is 0 Å². The Kier molecular flexibility index (Phi) is 3.65. The lowest BCUT2D eigenvalue weighted by atomic mass is 10.2. The monoisotopic (exact) mass is 334 g/mol. The van der Waals surface area contributed by atoms with Crippen LogP contribution < -0.4 is 5.32 Å². The van der Waals surface area contributed by atoms with E-state index >= 15 is 0 Å². The fourth-order valence-electron chi connectivity index (χ4n) is 2.27. The molecule has 0 bridgehead atoms. The van der Waals surface area contributed by atoms with Crippen LogP contribution in [0.1, 0.15) is 35.5 Å². The molecular weight excluding hydrogens is 316 g/mol. The number of pyridine rings is 1. The van der Waals surface area contributed by atoms with Crippen LogP contribution in [0.15, 0.2) is 16.6 Å². The first-order chi connectivity index (χ1) is 9.56. The van der Waals surface area contributed by atoms with Gasteiger partial charge in [0.1, 0.15) is 0 Å². The van der Waals surface area contributed by atoms with Crippen molar-refractivity contribution in [2.45, 2.75) is 46.2 Å². The molecule has 2 aromatic heterocycles. The van der Waals surface area contributed by atoms with Gasteiger partial charge in [-0.05, 0) is 61.2 Å². The second kappa shape index (κ2) is 5.30. The Bertz CT molecular complexity index is 644. The van der Waals surface area contributed by atoms with Crippen molar-refractivity contribution in [3.63, 3.8) is 0 Å². The Morgan fingerprint density at radius 1 is 1.25 bits per heavy atom. The minimum atomic E-state index is 0.723. The van der Waals surface area contributed by atoms with E-state index in [0.717, 1.165) is 40.0 Å². The molecule has 2 aromatic rings. The summed E-state index contributed by atoms with van der Waals surface area (Å²) in [6.07, 6.45) is 2.62. The smallest absolute Gasteiger partial charge is 0.153 e. The van der Waals surface area contributed by atoms with E-state index in [2.05, 4.69) is 39.3 Å². The van der Waals surface area contributed by atoms with Crippen LogP contribution in [0, 0.1) is 20.8 Å². The predicted molar refractivity (Wildman–Crippen MR) is 83.1 cm³/mol. The van der Waals surface area contributed by atoms with Crippen LogP contribution in [0.4, 0.5) is 0 Å². The van der Waals surface area contributed by atoms with Crippen molar-refractivity contribution in [2.24, 2.45) is 0 Å². The second-order valence-corrected chi connectivity index (χ2v) is 6.26. The van der Waals surface area contributed by atoms with Crippen LogP contribution in [0.2, 0.25) is 0 Å². The SMILES string of the molecule is Cc1nc(-n2nc(C)c(Br)c2C)ccc1CNC1CC1. The fraction of sp³-hybridized carbons (Fsp3) is 0.467. The minimum Gasteiger partial charge on any atom is -0.310 e. The van der Waals surface area contributed by atoms with E-state index in [0.29, 0.717) is 0 Å². The van der Waals surface area contributed by atoms with Gasteiger partial charge in [0.15, 0.2) is 5.82 Å². The lowest BCUT2D eigenvalue weighted by Crippen LogP contribution is -2.16. The quantitative estimate of drug-likeness (QED) is 0.933. The van der Waals surface area contributed by atoms with E-state index in [4.69, 9.17) is 4.98 Å². The molecule has 0 unspecified atom stereocenters. The van der Waals surface area contributed by atoms with Crippen molar-refractivity contribution in [1.82, 2.24) is 20.1 Å². The van der Waals surface area contributed by atoms with Crippen molar-refractivity contribution in [1.29, 1.82) is 0 Å². The van der Waals surface area contributed by atoms with Crippen LogP contribution >= 0.6 is 15.9 Å². The maximum Gasteiger partial charge on any atom is 0.153 e. The second-order valence-electron chi connectivity index (χ2n) is 5.47. The normalized spacial score (nSPS) is 14.8. The molecule has 1 saturated carbocycles. The molecule has 4 nitrogen and oxygen atoms in total. The van der Waals surface area contributed by atoms with E-state index in [-0.39, 0.29) is 0 Å². The largest absolute Gasteiger partial charge is 0.310 e. The molecule has 0 atom stereocenters. The molecule has 5 heteroatoms. The van der Waals surface area contributed by atoms with E-state index < -0.39 is 0 Å². The average molecular weight is 335 g/mol. The van der Waals surface area contributed by atoms with Crippen molar-refractivity contribution >= 4 is 15.9 Å². The summed E-state index contributed by atoms with van der Waals surface area (Å²) in [5.74, 6) is 0.879. The summed E-state index contributed by atoms with van der Waals surface area (Å²) in [6.45, 7) is 7.01. The number of hydrogen-bond donors (Lipinski definition) is 1. The Labute approximate surface area is 127 Å². The van der Waals surface area contributed by atoms with Gasteiger partial charge in [-0.15, -0.1) is 0 Å². The standard InChI is InChI=1S/C15H19BrN4/c1-9-12(8-17-13-5-6-13)4-7-14(18-9)20-11(3)15(16)10(2)19-20/h4,7,13,17H,5-6,8H2,1-3H3. The number of aromatic nitrogens is 3. The first kappa shape index (κ1) is 13.8. The van der Waals surface area contributed by atoms with Crippen molar-refractivity contribution in [2.75, 3.05) is 0 Å². The first-order valence-corrected chi connectivity index (χ1v) is 7.77. The molecule has 0 saturated heterocycles. The zero-order valence-corrected chi connectivity index (χ0v) is 13.7. The number of nitrogens with zero attached hydrogens (tertiary/aromatic N) is 3. The van der Waals surface area contributed by atoms with Crippen LogP contribution in [-0.4, -0.2) is 20.8 Å². The van der Waals surface area contributed by atoms with Gasteiger partial charge in [-0.3, -0.25) is 0 Å². The van der Waals surface area contributed by atoms with Gasteiger partial charge in [-0.1, -0.05) is 6.07 Å². The third kappa shape index (κ3) is 2.65. The number of halogens is 1. The van der Waals surface area contributed by atoms with Gasteiger partial charge < -0.3 is 5.32 Å². The third-order valence-electron chi connectivity index (χ3n) is 3.76. The fourth-order valence-corrected chi connectivity index (χ4v) is 2.52. The molecule has 0 amide bonds. The van der Waals surface area contributed by atoms with Gasteiger partial charge in [-0.2, -0.15) is 5.10 Å². The molecule has 3 rings (SSSR count). The third-order valence-corrected chi connectivity index (χ3v) is 4.91. The van der Waals surface area contributed by atoms with Gasteiger partial charge in [0.2, 0.25) is 0 Å². The summed E-state index contributed by atoms with van der Waals surface area (Å²) in [6, 6.07) is 4.92. The molecule has 0 spiro atoms. The molecule has 1 fully saturated rings. The average Bonchev–Trinajstić information content (AvgIpc) is 3.21. The summed E-state index contributed by atoms with van der Waals surface area (Å²) < 4.78 is 2.95. The van der Waals surface area contributed by atoms with E-state index in [9.17, 15) is 0 Å². The molecule has 1 aliphatic rings. The van der Waals surface area contributed by atoms with Crippen molar-refractivity contribution in [3.05, 3.63) is 39.3 Å². The maximum atomic E-state index is 4.70. The summed E-state index contributed by atoms with van der Waals surface area (Å²) in [5.41, 5.74) is 4.40. The Balaban J connectivity index is 1.86. The molecule has 1 N–H and O–H groups in total. The molecule has 0 radical (unpaired) electrons. The number of hydrogen-bond acceptors (Lipinski definition) is 3. The molecule has 2 heterocycles. The maximum absolute atomic E-state index is 4.70. The van der Waals surface area contributed by atoms with E-state index in [1.165, 1.54) is 18.4 Å². The van der Waals surface area contributed by atoms with E-state index in [1.807, 2.05) is 24.6 Å². The lowest BCUT2D eigenvalue weighted by Gasteiger charge is -2.09. The lowest BCUT2D eigenvalue weighted by molar-refractivity contribution is 0.680. The van der Waals surface area contributed by atoms with E-state index in [1.54, 1.807) is 0 Å². The highest BCUT2D eigenvalue weighted by atomic mass is 79.9.